The molecule has 0 spiro atoms. The number of rotatable bonds is 5. The SMILES string of the molecule is CN(CCCc1ccccc1)c1ccncc1Br. The molecule has 3 heteroatoms. The number of benzene rings is 1. The minimum absolute atomic E-state index is 1.04. The van der Waals surface area contributed by atoms with E-state index in [1.165, 1.54) is 11.3 Å². The highest BCUT2D eigenvalue weighted by Gasteiger charge is 2.04. The molecule has 0 bridgehead atoms. The molecular formula is C15H17BrN2. The van der Waals surface area contributed by atoms with E-state index in [0.29, 0.717) is 0 Å². The van der Waals surface area contributed by atoms with Crippen molar-refractivity contribution in [3.63, 3.8) is 0 Å². The maximum atomic E-state index is 4.08. The van der Waals surface area contributed by atoms with Crippen LogP contribution in [0.4, 0.5) is 5.69 Å². The van der Waals surface area contributed by atoms with Gasteiger partial charge in [0.2, 0.25) is 0 Å². The maximum absolute atomic E-state index is 4.08. The molecule has 0 fully saturated rings. The van der Waals surface area contributed by atoms with Gasteiger partial charge in [-0.1, -0.05) is 30.3 Å². The summed E-state index contributed by atoms with van der Waals surface area (Å²) in [5.74, 6) is 0. The predicted octanol–water partition coefficient (Wildman–Crippen LogP) is 3.91. The number of aromatic nitrogens is 1. The molecule has 0 N–H and O–H groups in total. The quantitative estimate of drug-likeness (QED) is 0.832. The monoisotopic (exact) mass is 304 g/mol. The van der Waals surface area contributed by atoms with Crippen LogP contribution in [-0.2, 0) is 6.42 Å². The normalized spacial score (nSPS) is 10.3. The number of halogens is 1. The van der Waals surface area contributed by atoms with Gasteiger partial charge in [0.25, 0.3) is 0 Å². The smallest absolute Gasteiger partial charge is 0.0592 e. The number of hydrogen-bond acceptors (Lipinski definition) is 2. The van der Waals surface area contributed by atoms with Gasteiger partial charge in [-0.3, -0.25) is 4.98 Å². The zero-order valence-electron chi connectivity index (χ0n) is 10.5. The summed E-state index contributed by atoms with van der Waals surface area (Å²) in [6.07, 6.45) is 5.93. The van der Waals surface area contributed by atoms with E-state index < -0.39 is 0 Å². The van der Waals surface area contributed by atoms with E-state index >= 15 is 0 Å². The van der Waals surface area contributed by atoms with Crippen LogP contribution >= 0.6 is 15.9 Å². The Morgan fingerprint density at radius 1 is 1.17 bits per heavy atom. The van der Waals surface area contributed by atoms with E-state index in [4.69, 9.17) is 0 Å². The molecule has 0 saturated heterocycles. The molecule has 94 valence electrons. The van der Waals surface area contributed by atoms with Gasteiger partial charge < -0.3 is 4.90 Å². The van der Waals surface area contributed by atoms with E-state index in [9.17, 15) is 0 Å². The molecule has 1 aromatic carbocycles. The minimum atomic E-state index is 1.04. The molecule has 0 atom stereocenters. The lowest BCUT2D eigenvalue weighted by Crippen LogP contribution is -2.19. The van der Waals surface area contributed by atoms with Crippen molar-refractivity contribution in [3.05, 3.63) is 58.8 Å². The van der Waals surface area contributed by atoms with Gasteiger partial charge in [0, 0.05) is 26.0 Å². The zero-order chi connectivity index (χ0) is 12.8. The van der Waals surface area contributed by atoms with Crippen molar-refractivity contribution in [3.8, 4) is 0 Å². The van der Waals surface area contributed by atoms with Gasteiger partial charge in [-0.2, -0.15) is 0 Å². The van der Waals surface area contributed by atoms with Crippen LogP contribution in [0.15, 0.2) is 53.3 Å². The summed E-state index contributed by atoms with van der Waals surface area (Å²) < 4.78 is 1.05. The second kappa shape index (κ2) is 6.55. The van der Waals surface area contributed by atoms with Crippen molar-refractivity contribution in [2.24, 2.45) is 0 Å². The number of nitrogens with zero attached hydrogens (tertiary/aromatic N) is 2. The maximum Gasteiger partial charge on any atom is 0.0592 e. The van der Waals surface area contributed by atoms with Crippen molar-refractivity contribution in [2.45, 2.75) is 12.8 Å². The fourth-order valence-corrected chi connectivity index (χ4v) is 2.52. The summed E-state index contributed by atoms with van der Waals surface area (Å²) >= 11 is 3.53. The Labute approximate surface area is 117 Å². The van der Waals surface area contributed by atoms with Crippen LogP contribution in [0.5, 0.6) is 0 Å². The Bertz CT molecular complexity index is 485. The van der Waals surface area contributed by atoms with Crippen LogP contribution in [0.1, 0.15) is 12.0 Å². The fourth-order valence-electron chi connectivity index (χ4n) is 1.96. The molecule has 0 saturated carbocycles. The van der Waals surface area contributed by atoms with Crippen molar-refractivity contribution < 1.29 is 0 Å². The first kappa shape index (κ1) is 13.1. The highest BCUT2D eigenvalue weighted by atomic mass is 79.9. The molecule has 2 rings (SSSR count). The zero-order valence-corrected chi connectivity index (χ0v) is 12.1. The average molecular weight is 305 g/mol. The van der Waals surface area contributed by atoms with E-state index in [0.717, 1.165) is 23.9 Å². The molecule has 1 heterocycles. The van der Waals surface area contributed by atoms with E-state index in [1.807, 2.05) is 18.5 Å². The van der Waals surface area contributed by atoms with Crippen LogP contribution in [-0.4, -0.2) is 18.6 Å². The van der Waals surface area contributed by atoms with Crippen LogP contribution < -0.4 is 4.90 Å². The lowest BCUT2D eigenvalue weighted by atomic mass is 10.1. The second-order valence-electron chi connectivity index (χ2n) is 4.34. The third-order valence-electron chi connectivity index (χ3n) is 2.96. The Balaban J connectivity index is 1.86. The minimum Gasteiger partial charge on any atom is -0.374 e. The highest BCUT2D eigenvalue weighted by molar-refractivity contribution is 9.10. The van der Waals surface area contributed by atoms with Gasteiger partial charge >= 0.3 is 0 Å². The summed E-state index contributed by atoms with van der Waals surface area (Å²) in [7, 11) is 2.12. The van der Waals surface area contributed by atoms with Gasteiger partial charge in [-0.25, -0.2) is 0 Å². The topological polar surface area (TPSA) is 16.1 Å². The Kier molecular flexibility index (Phi) is 4.76. The van der Waals surface area contributed by atoms with E-state index in [-0.39, 0.29) is 0 Å². The summed E-state index contributed by atoms with van der Waals surface area (Å²) in [5.41, 5.74) is 2.60. The molecule has 0 aliphatic rings. The lowest BCUT2D eigenvalue weighted by Gasteiger charge is -2.20. The number of hydrogen-bond donors (Lipinski definition) is 0. The summed E-state index contributed by atoms with van der Waals surface area (Å²) in [5, 5.41) is 0. The number of pyridine rings is 1. The van der Waals surface area contributed by atoms with Gasteiger partial charge in [0.15, 0.2) is 0 Å². The van der Waals surface area contributed by atoms with Crippen LogP contribution in [0.25, 0.3) is 0 Å². The Morgan fingerprint density at radius 2 is 1.94 bits per heavy atom. The summed E-state index contributed by atoms with van der Waals surface area (Å²) in [4.78, 5) is 6.34. The highest BCUT2D eigenvalue weighted by Crippen LogP contribution is 2.23. The van der Waals surface area contributed by atoms with Gasteiger partial charge in [0.1, 0.15) is 0 Å². The molecule has 0 radical (unpaired) electrons. The van der Waals surface area contributed by atoms with Gasteiger partial charge in [0.05, 0.1) is 10.2 Å². The van der Waals surface area contributed by atoms with Crippen LogP contribution in [0.3, 0.4) is 0 Å². The number of aryl methyl sites for hydroxylation is 1. The van der Waals surface area contributed by atoms with Gasteiger partial charge in [-0.15, -0.1) is 0 Å². The molecule has 0 amide bonds. The third-order valence-corrected chi connectivity index (χ3v) is 3.58. The molecule has 1 aromatic heterocycles. The predicted molar refractivity (Wildman–Crippen MR) is 80.0 cm³/mol. The lowest BCUT2D eigenvalue weighted by molar-refractivity contribution is 0.784. The fraction of sp³-hybridized carbons (Fsp3) is 0.267. The number of anilines is 1. The molecule has 2 nitrogen and oxygen atoms in total. The van der Waals surface area contributed by atoms with E-state index in [1.54, 1.807) is 0 Å². The molecular weight excluding hydrogens is 288 g/mol. The Morgan fingerprint density at radius 3 is 2.67 bits per heavy atom. The second-order valence-corrected chi connectivity index (χ2v) is 5.19. The molecule has 0 unspecified atom stereocenters. The first-order chi connectivity index (χ1) is 8.77. The standard InChI is InChI=1S/C15H17BrN2/c1-18(15-9-10-17-12-14(15)16)11-5-8-13-6-3-2-4-7-13/h2-4,6-7,9-10,12H,5,8,11H2,1H3. The molecule has 18 heavy (non-hydrogen) atoms. The van der Waals surface area contributed by atoms with Crippen molar-refractivity contribution >= 4 is 21.6 Å². The Hall–Kier alpha value is -1.35. The third kappa shape index (κ3) is 3.57. The molecule has 0 aliphatic carbocycles. The average Bonchev–Trinajstić information content (AvgIpc) is 2.40. The molecule has 0 aliphatic heterocycles. The first-order valence-corrected chi connectivity index (χ1v) is 6.91. The van der Waals surface area contributed by atoms with Crippen molar-refractivity contribution in [1.82, 2.24) is 4.98 Å². The molecule has 2 aromatic rings. The van der Waals surface area contributed by atoms with Crippen LogP contribution in [0, 0.1) is 0 Å². The van der Waals surface area contributed by atoms with Crippen molar-refractivity contribution in [1.29, 1.82) is 0 Å². The van der Waals surface area contributed by atoms with Crippen LogP contribution in [0.2, 0.25) is 0 Å². The van der Waals surface area contributed by atoms with E-state index in [2.05, 4.69) is 63.2 Å². The van der Waals surface area contributed by atoms with Crippen molar-refractivity contribution in [2.75, 3.05) is 18.5 Å². The van der Waals surface area contributed by atoms with Gasteiger partial charge in [-0.05, 0) is 40.4 Å². The summed E-state index contributed by atoms with van der Waals surface area (Å²) in [6, 6.07) is 12.7. The first-order valence-electron chi connectivity index (χ1n) is 6.12. The summed E-state index contributed by atoms with van der Waals surface area (Å²) in [6.45, 7) is 1.04. The largest absolute Gasteiger partial charge is 0.374 e.